The first-order valence-corrected chi connectivity index (χ1v) is 6.94. The van der Waals surface area contributed by atoms with E-state index in [9.17, 15) is 9.90 Å². The summed E-state index contributed by atoms with van der Waals surface area (Å²) >= 11 is 1.15. The minimum Gasteiger partial charge on any atom is -0.494 e. The van der Waals surface area contributed by atoms with E-state index >= 15 is 0 Å². The van der Waals surface area contributed by atoms with Crippen LogP contribution in [-0.4, -0.2) is 24.8 Å². The molecule has 0 radical (unpaired) electrons. The van der Waals surface area contributed by atoms with E-state index in [1.54, 1.807) is 18.6 Å². The number of fused-ring (bicyclic) bond motifs is 3. The monoisotopic (exact) mass is 291 g/mol. The van der Waals surface area contributed by atoms with Crippen LogP contribution in [0.25, 0.3) is 11.1 Å². The molecule has 0 spiro atoms. The first kappa shape index (κ1) is 12.8. The molecule has 0 unspecified atom stereocenters. The molecule has 3 rings (SSSR count). The van der Waals surface area contributed by atoms with E-state index in [4.69, 9.17) is 15.2 Å². The van der Waals surface area contributed by atoms with Crippen molar-refractivity contribution in [2.75, 3.05) is 19.5 Å². The molecule has 1 aliphatic rings. The summed E-state index contributed by atoms with van der Waals surface area (Å²) in [5.74, 6) is -0.00305. The van der Waals surface area contributed by atoms with Gasteiger partial charge in [0.15, 0.2) is 10.6 Å². The second kappa shape index (κ2) is 4.72. The van der Waals surface area contributed by atoms with Gasteiger partial charge in [0.2, 0.25) is 0 Å². The van der Waals surface area contributed by atoms with Crippen LogP contribution in [-0.2, 0) is 6.42 Å². The summed E-state index contributed by atoms with van der Waals surface area (Å²) in [7, 11) is 1.56. The molecule has 6 heteroatoms. The number of aromatic carboxylic acids is 1. The summed E-state index contributed by atoms with van der Waals surface area (Å²) in [6.07, 6.45) is 0.685. The molecular weight excluding hydrogens is 278 g/mol. The number of hydrogen-bond donors (Lipinski definition) is 2. The molecule has 1 aromatic heterocycles. The quantitative estimate of drug-likeness (QED) is 0.831. The van der Waals surface area contributed by atoms with Crippen LogP contribution < -0.4 is 15.2 Å². The number of nitrogens with two attached hydrogens (primary N) is 1. The van der Waals surface area contributed by atoms with Gasteiger partial charge in [-0.3, -0.25) is 0 Å². The molecule has 3 N–H and O–H groups in total. The van der Waals surface area contributed by atoms with E-state index in [1.807, 2.05) is 6.07 Å². The van der Waals surface area contributed by atoms with Crippen molar-refractivity contribution in [2.45, 2.75) is 6.42 Å². The number of nitrogen functional groups attached to an aromatic ring is 1. The fourth-order valence-electron chi connectivity index (χ4n) is 2.44. The third-order valence-electron chi connectivity index (χ3n) is 3.31. The van der Waals surface area contributed by atoms with Crippen molar-refractivity contribution in [3.63, 3.8) is 0 Å². The van der Waals surface area contributed by atoms with Gasteiger partial charge in [-0.05, 0) is 11.6 Å². The molecule has 0 atom stereocenters. The molecule has 0 fully saturated rings. The zero-order valence-corrected chi connectivity index (χ0v) is 11.6. The van der Waals surface area contributed by atoms with Crippen molar-refractivity contribution < 1.29 is 19.4 Å². The van der Waals surface area contributed by atoms with Crippen molar-refractivity contribution in [1.82, 2.24) is 0 Å². The van der Waals surface area contributed by atoms with Crippen molar-refractivity contribution >= 4 is 23.0 Å². The number of hydrogen-bond acceptors (Lipinski definition) is 5. The maximum absolute atomic E-state index is 11.3. The Hall–Kier alpha value is -2.21. The summed E-state index contributed by atoms with van der Waals surface area (Å²) in [4.78, 5) is 11.5. The van der Waals surface area contributed by atoms with Gasteiger partial charge in [-0.25, -0.2) is 4.79 Å². The number of methoxy groups -OCH3 is 1. The number of benzene rings is 1. The molecule has 5 nitrogen and oxygen atoms in total. The SMILES string of the molecule is COc1c(N)ccc2c1-c1csc(C(=O)O)c1OCC2. The van der Waals surface area contributed by atoms with Crippen molar-refractivity contribution in [3.05, 3.63) is 28.0 Å². The zero-order chi connectivity index (χ0) is 14.3. The standard InChI is InChI=1S/C14H13NO4S/c1-18-12-9(15)3-2-7-4-5-19-11-8(10(7)12)6-20-13(11)14(16)17/h2-3,6H,4-5,15H2,1H3,(H,16,17). The zero-order valence-electron chi connectivity index (χ0n) is 10.8. The van der Waals surface area contributed by atoms with Crippen molar-refractivity contribution in [3.8, 4) is 22.6 Å². The molecule has 0 saturated heterocycles. The Bertz CT molecular complexity index is 693. The number of carbonyl (C=O) groups is 1. The van der Waals surface area contributed by atoms with Gasteiger partial charge in [-0.1, -0.05) is 6.07 Å². The van der Waals surface area contributed by atoms with E-state index in [1.165, 1.54) is 0 Å². The summed E-state index contributed by atoms with van der Waals surface area (Å²) in [5.41, 5.74) is 9.10. The Balaban J connectivity index is 2.31. The summed E-state index contributed by atoms with van der Waals surface area (Å²) < 4.78 is 11.0. The maximum Gasteiger partial charge on any atom is 0.349 e. The molecule has 1 aromatic carbocycles. The Morgan fingerprint density at radius 1 is 1.50 bits per heavy atom. The fourth-order valence-corrected chi connectivity index (χ4v) is 3.27. The van der Waals surface area contributed by atoms with Gasteiger partial charge in [-0.15, -0.1) is 11.3 Å². The number of anilines is 1. The van der Waals surface area contributed by atoms with Crippen LogP contribution in [0.15, 0.2) is 17.5 Å². The van der Waals surface area contributed by atoms with Gasteiger partial charge >= 0.3 is 5.97 Å². The van der Waals surface area contributed by atoms with Crippen LogP contribution in [0.3, 0.4) is 0 Å². The van der Waals surface area contributed by atoms with Gasteiger partial charge in [0.05, 0.1) is 19.4 Å². The summed E-state index contributed by atoms with van der Waals surface area (Å²) in [6.45, 7) is 0.435. The molecule has 104 valence electrons. The first-order chi connectivity index (χ1) is 9.63. The van der Waals surface area contributed by atoms with Gasteiger partial charge in [0.25, 0.3) is 0 Å². The largest absolute Gasteiger partial charge is 0.494 e. The van der Waals surface area contributed by atoms with Crippen LogP contribution >= 0.6 is 11.3 Å². The number of ether oxygens (including phenoxy) is 2. The Morgan fingerprint density at radius 2 is 2.30 bits per heavy atom. The molecular formula is C14H13NO4S. The first-order valence-electron chi connectivity index (χ1n) is 6.06. The predicted molar refractivity (Wildman–Crippen MR) is 76.9 cm³/mol. The van der Waals surface area contributed by atoms with Gasteiger partial charge in [-0.2, -0.15) is 0 Å². The van der Waals surface area contributed by atoms with Crippen LogP contribution in [0.4, 0.5) is 5.69 Å². The summed E-state index contributed by atoms with van der Waals surface area (Å²) in [6, 6.07) is 3.73. The van der Waals surface area contributed by atoms with E-state index in [0.717, 1.165) is 28.0 Å². The normalized spacial score (nSPS) is 12.8. The Labute approximate surface area is 119 Å². The van der Waals surface area contributed by atoms with Gasteiger partial charge in [0, 0.05) is 22.9 Å². The number of thiophene rings is 1. The highest BCUT2D eigenvalue weighted by molar-refractivity contribution is 7.12. The lowest BCUT2D eigenvalue weighted by Crippen LogP contribution is -2.02. The van der Waals surface area contributed by atoms with Crippen molar-refractivity contribution in [1.29, 1.82) is 0 Å². The Kier molecular flexibility index (Phi) is 3.02. The molecule has 2 aromatic rings. The topological polar surface area (TPSA) is 81.8 Å². The van der Waals surface area contributed by atoms with E-state index in [2.05, 4.69) is 0 Å². The average molecular weight is 291 g/mol. The third-order valence-corrected chi connectivity index (χ3v) is 4.25. The van der Waals surface area contributed by atoms with Gasteiger partial charge < -0.3 is 20.3 Å². The molecule has 0 amide bonds. The smallest absolute Gasteiger partial charge is 0.349 e. The predicted octanol–water partition coefficient (Wildman–Crippen LogP) is 2.64. The molecule has 2 heterocycles. The molecule has 0 saturated carbocycles. The molecule has 1 aliphatic heterocycles. The van der Waals surface area contributed by atoms with E-state index in [-0.39, 0.29) is 4.88 Å². The number of rotatable bonds is 2. The average Bonchev–Trinajstić information content (AvgIpc) is 2.75. The maximum atomic E-state index is 11.3. The minimum atomic E-state index is -0.984. The second-order valence-electron chi connectivity index (χ2n) is 4.43. The van der Waals surface area contributed by atoms with Crippen LogP contribution in [0.5, 0.6) is 11.5 Å². The lowest BCUT2D eigenvalue weighted by molar-refractivity contribution is 0.0698. The molecule has 0 bridgehead atoms. The Morgan fingerprint density at radius 3 is 3.00 bits per heavy atom. The lowest BCUT2D eigenvalue weighted by Gasteiger charge is -2.13. The van der Waals surface area contributed by atoms with Crippen LogP contribution in [0.1, 0.15) is 15.2 Å². The van der Waals surface area contributed by atoms with Crippen LogP contribution in [0, 0.1) is 0 Å². The number of carboxylic acids is 1. The second-order valence-corrected chi connectivity index (χ2v) is 5.31. The minimum absolute atomic E-state index is 0.206. The van der Waals surface area contributed by atoms with E-state index in [0.29, 0.717) is 30.2 Å². The highest BCUT2D eigenvalue weighted by Crippen LogP contribution is 2.47. The third kappa shape index (κ3) is 1.80. The highest BCUT2D eigenvalue weighted by atomic mass is 32.1. The number of carboxylic acid groups (broad SMARTS) is 1. The van der Waals surface area contributed by atoms with Crippen LogP contribution in [0.2, 0.25) is 0 Å². The van der Waals surface area contributed by atoms with Crippen molar-refractivity contribution in [2.24, 2.45) is 0 Å². The summed E-state index contributed by atoms with van der Waals surface area (Å²) in [5, 5.41) is 11.0. The highest BCUT2D eigenvalue weighted by Gasteiger charge is 2.27. The van der Waals surface area contributed by atoms with Gasteiger partial charge in [0.1, 0.15) is 5.75 Å². The van der Waals surface area contributed by atoms with E-state index < -0.39 is 5.97 Å². The molecule has 0 aliphatic carbocycles. The lowest BCUT2D eigenvalue weighted by atomic mass is 9.98. The molecule has 20 heavy (non-hydrogen) atoms. The fraction of sp³-hybridized carbons (Fsp3) is 0.214.